The fourth-order valence-corrected chi connectivity index (χ4v) is 3.34. The van der Waals surface area contributed by atoms with Crippen molar-refractivity contribution >= 4 is 15.9 Å². The Morgan fingerprint density at radius 3 is 2.72 bits per heavy atom. The highest BCUT2D eigenvalue weighted by atomic mass is 79.9. The van der Waals surface area contributed by atoms with Crippen molar-refractivity contribution in [2.75, 3.05) is 7.11 Å². The van der Waals surface area contributed by atoms with E-state index < -0.39 is 0 Å². The van der Waals surface area contributed by atoms with Crippen LogP contribution in [0.1, 0.15) is 43.7 Å². The Kier molecular flexibility index (Phi) is 5.03. The molecule has 1 aromatic carbocycles. The molecular weight excluding hydrogens is 292 g/mol. The number of methoxy groups -OCH3 is 1. The number of nitrogens with one attached hydrogen (secondary N) is 1. The second kappa shape index (κ2) is 6.55. The molecule has 0 saturated heterocycles. The zero-order chi connectivity index (χ0) is 13.0. The third-order valence-electron chi connectivity index (χ3n) is 3.82. The molecule has 2 rings (SSSR count). The highest BCUT2D eigenvalue weighted by Crippen LogP contribution is 2.34. The lowest BCUT2D eigenvalue weighted by atomic mass is 9.94. The summed E-state index contributed by atoms with van der Waals surface area (Å²) in [7, 11) is 1.68. The fourth-order valence-electron chi connectivity index (χ4n) is 2.78. The monoisotopic (exact) mass is 312 g/mol. The second-order valence-corrected chi connectivity index (χ2v) is 5.85. The SMILES string of the molecule is COc1ccc(C(CC2CCCC2)NN)cc1Br. The molecule has 0 aliphatic heterocycles. The smallest absolute Gasteiger partial charge is 0.133 e. The lowest BCUT2D eigenvalue weighted by Gasteiger charge is -2.20. The van der Waals surface area contributed by atoms with Crippen LogP contribution < -0.4 is 16.0 Å². The second-order valence-electron chi connectivity index (χ2n) is 5.00. The number of ether oxygens (including phenoxy) is 1. The standard InChI is InChI=1S/C14H21BrN2O/c1-18-14-7-6-11(9-12(14)15)13(17-16)8-10-4-2-3-5-10/h6-7,9-10,13,17H,2-5,8,16H2,1H3. The van der Waals surface area contributed by atoms with Crippen LogP contribution in [0, 0.1) is 5.92 Å². The first kappa shape index (κ1) is 13.8. The summed E-state index contributed by atoms with van der Waals surface area (Å²) in [6, 6.07) is 6.40. The summed E-state index contributed by atoms with van der Waals surface area (Å²) in [6.07, 6.45) is 6.54. The molecule has 18 heavy (non-hydrogen) atoms. The van der Waals surface area contributed by atoms with Crippen molar-refractivity contribution in [2.45, 2.75) is 38.1 Å². The van der Waals surface area contributed by atoms with Crippen molar-refractivity contribution in [3.63, 3.8) is 0 Å². The van der Waals surface area contributed by atoms with Gasteiger partial charge in [-0.25, -0.2) is 0 Å². The summed E-state index contributed by atoms with van der Waals surface area (Å²) in [4.78, 5) is 0. The van der Waals surface area contributed by atoms with Crippen molar-refractivity contribution in [1.82, 2.24) is 5.43 Å². The average Bonchev–Trinajstić information content (AvgIpc) is 2.88. The molecule has 1 aromatic rings. The van der Waals surface area contributed by atoms with Gasteiger partial charge in [-0.3, -0.25) is 11.3 Å². The van der Waals surface area contributed by atoms with Gasteiger partial charge in [0.15, 0.2) is 0 Å². The number of nitrogens with two attached hydrogens (primary N) is 1. The quantitative estimate of drug-likeness (QED) is 0.645. The van der Waals surface area contributed by atoms with Crippen molar-refractivity contribution in [1.29, 1.82) is 0 Å². The average molecular weight is 313 g/mol. The van der Waals surface area contributed by atoms with E-state index in [0.29, 0.717) is 0 Å². The van der Waals surface area contributed by atoms with E-state index in [1.165, 1.54) is 31.2 Å². The van der Waals surface area contributed by atoms with Gasteiger partial charge in [0.25, 0.3) is 0 Å². The number of hydrogen-bond acceptors (Lipinski definition) is 3. The molecule has 3 N–H and O–H groups in total. The predicted octanol–water partition coefficient (Wildman–Crippen LogP) is 3.54. The highest BCUT2D eigenvalue weighted by Gasteiger charge is 2.21. The van der Waals surface area contributed by atoms with E-state index in [1.807, 2.05) is 6.07 Å². The Morgan fingerprint density at radius 1 is 1.44 bits per heavy atom. The van der Waals surface area contributed by atoms with Gasteiger partial charge in [0, 0.05) is 6.04 Å². The minimum absolute atomic E-state index is 0.232. The largest absolute Gasteiger partial charge is 0.496 e. The van der Waals surface area contributed by atoms with E-state index >= 15 is 0 Å². The predicted molar refractivity (Wildman–Crippen MR) is 77.3 cm³/mol. The van der Waals surface area contributed by atoms with Gasteiger partial charge in [0.1, 0.15) is 5.75 Å². The first-order valence-corrected chi connectivity index (χ1v) is 7.33. The lowest BCUT2D eigenvalue weighted by molar-refractivity contribution is 0.397. The van der Waals surface area contributed by atoms with Crippen LogP contribution in [0.4, 0.5) is 0 Å². The Morgan fingerprint density at radius 2 is 2.17 bits per heavy atom. The minimum atomic E-state index is 0.232. The zero-order valence-electron chi connectivity index (χ0n) is 10.8. The Labute approximate surface area is 117 Å². The maximum atomic E-state index is 5.71. The molecule has 3 nitrogen and oxygen atoms in total. The van der Waals surface area contributed by atoms with Crippen LogP contribution >= 0.6 is 15.9 Å². The summed E-state index contributed by atoms with van der Waals surface area (Å²) in [5.41, 5.74) is 4.17. The molecule has 0 bridgehead atoms. The number of benzene rings is 1. The maximum Gasteiger partial charge on any atom is 0.133 e. The van der Waals surface area contributed by atoms with Crippen LogP contribution in [0.5, 0.6) is 5.75 Å². The van der Waals surface area contributed by atoms with E-state index in [0.717, 1.165) is 22.6 Å². The molecule has 4 heteroatoms. The third-order valence-corrected chi connectivity index (χ3v) is 4.44. The van der Waals surface area contributed by atoms with Crippen LogP contribution in [0.2, 0.25) is 0 Å². The maximum absolute atomic E-state index is 5.71. The molecule has 0 aromatic heterocycles. The van der Waals surface area contributed by atoms with Gasteiger partial charge in [-0.2, -0.15) is 0 Å². The van der Waals surface area contributed by atoms with E-state index in [2.05, 4.69) is 33.5 Å². The molecule has 1 atom stereocenters. The molecule has 100 valence electrons. The Balaban J connectivity index is 2.08. The molecule has 1 aliphatic carbocycles. The molecule has 1 aliphatic rings. The highest BCUT2D eigenvalue weighted by molar-refractivity contribution is 9.10. The molecule has 0 radical (unpaired) electrons. The van der Waals surface area contributed by atoms with Crippen LogP contribution in [-0.2, 0) is 0 Å². The van der Waals surface area contributed by atoms with Gasteiger partial charge in [0.2, 0.25) is 0 Å². The van der Waals surface area contributed by atoms with Gasteiger partial charge in [0.05, 0.1) is 11.6 Å². The van der Waals surface area contributed by atoms with Crippen molar-refractivity contribution in [3.8, 4) is 5.75 Å². The summed E-state index contributed by atoms with van der Waals surface area (Å²) in [5.74, 6) is 7.38. The molecule has 0 heterocycles. The Hall–Kier alpha value is -0.580. The first-order chi connectivity index (χ1) is 8.74. The topological polar surface area (TPSA) is 47.3 Å². The van der Waals surface area contributed by atoms with E-state index in [1.54, 1.807) is 7.11 Å². The lowest BCUT2D eigenvalue weighted by Crippen LogP contribution is -2.29. The van der Waals surface area contributed by atoms with Gasteiger partial charge in [-0.1, -0.05) is 31.7 Å². The molecule has 1 unspecified atom stereocenters. The number of halogens is 1. The molecule has 0 spiro atoms. The summed E-state index contributed by atoms with van der Waals surface area (Å²) in [5, 5.41) is 0. The number of hydrogen-bond donors (Lipinski definition) is 2. The number of rotatable bonds is 5. The fraction of sp³-hybridized carbons (Fsp3) is 0.571. The van der Waals surface area contributed by atoms with Crippen LogP contribution in [-0.4, -0.2) is 7.11 Å². The summed E-state index contributed by atoms with van der Waals surface area (Å²) >= 11 is 3.52. The minimum Gasteiger partial charge on any atom is -0.496 e. The van der Waals surface area contributed by atoms with E-state index in [9.17, 15) is 0 Å². The van der Waals surface area contributed by atoms with Crippen molar-refractivity contribution in [2.24, 2.45) is 11.8 Å². The van der Waals surface area contributed by atoms with Crippen molar-refractivity contribution < 1.29 is 4.74 Å². The van der Waals surface area contributed by atoms with E-state index in [-0.39, 0.29) is 6.04 Å². The first-order valence-electron chi connectivity index (χ1n) is 6.54. The summed E-state index contributed by atoms with van der Waals surface area (Å²) in [6.45, 7) is 0. The summed E-state index contributed by atoms with van der Waals surface area (Å²) < 4.78 is 6.23. The zero-order valence-corrected chi connectivity index (χ0v) is 12.4. The molecule has 0 amide bonds. The molecule has 1 saturated carbocycles. The Bertz CT molecular complexity index is 391. The van der Waals surface area contributed by atoms with Crippen LogP contribution in [0.15, 0.2) is 22.7 Å². The van der Waals surface area contributed by atoms with Crippen LogP contribution in [0.3, 0.4) is 0 Å². The van der Waals surface area contributed by atoms with Crippen molar-refractivity contribution in [3.05, 3.63) is 28.2 Å². The van der Waals surface area contributed by atoms with Gasteiger partial charge in [-0.15, -0.1) is 0 Å². The molecular formula is C14H21BrN2O. The van der Waals surface area contributed by atoms with Gasteiger partial charge in [-0.05, 0) is 46.0 Å². The van der Waals surface area contributed by atoms with Crippen LogP contribution in [0.25, 0.3) is 0 Å². The van der Waals surface area contributed by atoms with Gasteiger partial charge >= 0.3 is 0 Å². The van der Waals surface area contributed by atoms with E-state index in [4.69, 9.17) is 10.6 Å². The van der Waals surface area contributed by atoms with Gasteiger partial charge < -0.3 is 4.74 Å². The number of hydrazine groups is 1. The molecule has 1 fully saturated rings. The normalized spacial score (nSPS) is 17.9. The third kappa shape index (κ3) is 3.25.